The third-order valence-corrected chi connectivity index (χ3v) is 3.67. The Morgan fingerprint density at radius 1 is 1.50 bits per heavy atom. The van der Waals surface area contributed by atoms with Crippen molar-refractivity contribution in [2.24, 2.45) is 5.92 Å². The fourth-order valence-corrected chi connectivity index (χ4v) is 2.49. The van der Waals surface area contributed by atoms with Gasteiger partial charge in [-0.05, 0) is 37.4 Å². The molecule has 1 fully saturated rings. The maximum absolute atomic E-state index is 4.39. The molecule has 0 aromatic carbocycles. The smallest absolute Gasteiger partial charge is 0.0420 e. The maximum atomic E-state index is 4.39. The highest BCUT2D eigenvalue weighted by atomic mass is 14.9. The molecule has 0 aliphatic heterocycles. The number of hydrogen-bond donors (Lipinski definition) is 1. The number of aryl methyl sites for hydroxylation is 1. The van der Waals surface area contributed by atoms with Crippen LogP contribution in [0.25, 0.3) is 0 Å². The summed E-state index contributed by atoms with van der Waals surface area (Å²) in [4.78, 5) is 4.39. The maximum Gasteiger partial charge on any atom is 0.0420 e. The summed E-state index contributed by atoms with van der Waals surface area (Å²) in [5.74, 6) is 0.934. The Kier molecular flexibility index (Phi) is 3.94. The summed E-state index contributed by atoms with van der Waals surface area (Å²) in [6.07, 6.45) is 7.42. The van der Waals surface area contributed by atoms with Gasteiger partial charge in [0.15, 0.2) is 0 Å². The molecule has 2 rings (SSSR count). The van der Waals surface area contributed by atoms with Crippen LogP contribution >= 0.6 is 0 Å². The third-order valence-electron chi connectivity index (χ3n) is 3.67. The minimum absolute atomic E-state index is 0.504. The largest absolute Gasteiger partial charge is 0.310 e. The second-order valence-electron chi connectivity index (χ2n) is 4.82. The number of nitrogens with zero attached hydrogens (tertiary/aromatic N) is 1. The molecular formula is C14H22N2. The molecule has 0 saturated heterocycles. The van der Waals surface area contributed by atoms with Crippen LogP contribution in [-0.4, -0.2) is 11.5 Å². The molecule has 1 aromatic rings. The molecule has 0 spiro atoms. The standard InChI is InChI=1S/C14H22N2/c1-3-15-14(10-12-6-4-7-12)13-8-5-9-16-11(13)2/h5,8-9,12,14-15H,3-4,6-7,10H2,1-2H3. The first-order valence-electron chi connectivity index (χ1n) is 6.46. The highest BCUT2D eigenvalue weighted by molar-refractivity contribution is 5.22. The van der Waals surface area contributed by atoms with Gasteiger partial charge in [0.05, 0.1) is 0 Å². The summed E-state index contributed by atoms with van der Waals surface area (Å²) in [5.41, 5.74) is 2.56. The molecule has 1 heterocycles. The predicted molar refractivity (Wildman–Crippen MR) is 67.3 cm³/mol. The van der Waals surface area contributed by atoms with Crippen molar-refractivity contribution in [1.29, 1.82) is 0 Å². The van der Waals surface area contributed by atoms with Crippen molar-refractivity contribution >= 4 is 0 Å². The molecule has 1 aliphatic carbocycles. The van der Waals surface area contributed by atoms with Gasteiger partial charge in [-0.25, -0.2) is 0 Å². The average Bonchev–Trinajstić information content (AvgIpc) is 2.23. The molecule has 1 N–H and O–H groups in total. The lowest BCUT2D eigenvalue weighted by atomic mass is 9.79. The monoisotopic (exact) mass is 218 g/mol. The lowest BCUT2D eigenvalue weighted by Gasteiger charge is -2.30. The minimum Gasteiger partial charge on any atom is -0.310 e. The molecule has 1 aromatic heterocycles. The van der Waals surface area contributed by atoms with Crippen LogP contribution in [0.2, 0.25) is 0 Å². The van der Waals surface area contributed by atoms with Gasteiger partial charge in [0.1, 0.15) is 0 Å². The molecule has 2 nitrogen and oxygen atoms in total. The highest BCUT2D eigenvalue weighted by Gasteiger charge is 2.23. The van der Waals surface area contributed by atoms with E-state index in [0.29, 0.717) is 6.04 Å². The summed E-state index contributed by atoms with van der Waals surface area (Å²) < 4.78 is 0. The van der Waals surface area contributed by atoms with Gasteiger partial charge in [0.2, 0.25) is 0 Å². The molecule has 1 atom stereocenters. The summed E-state index contributed by atoms with van der Waals surface area (Å²) in [7, 11) is 0. The van der Waals surface area contributed by atoms with Crippen LogP contribution in [0.3, 0.4) is 0 Å². The van der Waals surface area contributed by atoms with Crippen LogP contribution in [0.1, 0.15) is 49.9 Å². The Bertz CT molecular complexity index is 331. The van der Waals surface area contributed by atoms with Gasteiger partial charge in [-0.15, -0.1) is 0 Å². The highest BCUT2D eigenvalue weighted by Crippen LogP contribution is 2.35. The van der Waals surface area contributed by atoms with E-state index in [-0.39, 0.29) is 0 Å². The van der Waals surface area contributed by atoms with Gasteiger partial charge in [-0.3, -0.25) is 4.98 Å². The van der Waals surface area contributed by atoms with Gasteiger partial charge in [-0.2, -0.15) is 0 Å². The van der Waals surface area contributed by atoms with Crippen LogP contribution in [-0.2, 0) is 0 Å². The second-order valence-corrected chi connectivity index (χ2v) is 4.82. The number of hydrogen-bond acceptors (Lipinski definition) is 2. The molecule has 88 valence electrons. The predicted octanol–water partition coefficient (Wildman–Crippen LogP) is 3.23. The first kappa shape index (κ1) is 11.6. The molecule has 16 heavy (non-hydrogen) atoms. The number of nitrogens with one attached hydrogen (secondary N) is 1. The van der Waals surface area contributed by atoms with Crippen LogP contribution in [0, 0.1) is 12.8 Å². The normalized spacial score (nSPS) is 18.1. The fourth-order valence-electron chi connectivity index (χ4n) is 2.49. The van der Waals surface area contributed by atoms with Crippen molar-refractivity contribution in [2.45, 2.75) is 45.6 Å². The molecule has 1 aliphatic rings. The van der Waals surface area contributed by atoms with E-state index >= 15 is 0 Å². The Morgan fingerprint density at radius 2 is 2.31 bits per heavy atom. The molecule has 1 unspecified atom stereocenters. The number of aromatic nitrogens is 1. The third kappa shape index (κ3) is 2.62. The van der Waals surface area contributed by atoms with Crippen molar-refractivity contribution in [3.8, 4) is 0 Å². The first-order valence-corrected chi connectivity index (χ1v) is 6.46. The Balaban J connectivity index is 2.08. The molecule has 0 radical (unpaired) electrons. The van der Waals surface area contributed by atoms with E-state index in [4.69, 9.17) is 0 Å². The topological polar surface area (TPSA) is 24.9 Å². The van der Waals surface area contributed by atoms with E-state index < -0.39 is 0 Å². The zero-order valence-corrected chi connectivity index (χ0v) is 10.4. The first-order chi connectivity index (χ1) is 7.81. The van der Waals surface area contributed by atoms with Crippen LogP contribution < -0.4 is 5.32 Å². The number of pyridine rings is 1. The summed E-state index contributed by atoms with van der Waals surface area (Å²) in [5, 5.41) is 3.60. The van der Waals surface area contributed by atoms with Crippen molar-refractivity contribution in [3.05, 3.63) is 29.6 Å². The van der Waals surface area contributed by atoms with E-state index in [1.54, 1.807) is 0 Å². The van der Waals surface area contributed by atoms with E-state index in [2.05, 4.69) is 30.2 Å². The van der Waals surface area contributed by atoms with Crippen molar-refractivity contribution in [2.75, 3.05) is 6.54 Å². The molecular weight excluding hydrogens is 196 g/mol. The summed E-state index contributed by atoms with van der Waals surface area (Å²) in [6, 6.07) is 4.77. The molecule has 2 heteroatoms. The molecule has 1 saturated carbocycles. The van der Waals surface area contributed by atoms with E-state index in [1.807, 2.05) is 12.3 Å². The average molecular weight is 218 g/mol. The quantitative estimate of drug-likeness (QED) is 0.820. The van der Waals surface area contributed by atoms with E-state index in [9.17, 15) is 0 Å². The zero-order valence-electron chi connectivity index (χ0n) is 10.4. The van der Waals surface area contributed by atoms with Gasteiger partial charge in [0, 0.05) is 17.9 Å². The Labute approximate surface area is 98.5 Å². The number of rotatable bonds is 5. The van der Waals surface area contributed by atoms with Crippen molar-refractivity contribution < 1.29 is 0 Å². The Hall–Kier alpha value is -0.890. The molecule has 0 amide bonds. The second kappa shape index (κ2) is 5.44. The summed E-state index contributed by atoms with van der Waals surface area (Å²) >= 11 is 0. The fraction of sp³-hybridized carbons (Fsp3) is 0.643. The van der Waals surface area contributed by atoms with Crippen LogP contribution in [0.4, 0.5) is 0 Å². The van der Waals surface area contributed by atoms with Crippen LogP contribution in [0.15, 0.2) is 18.3 Å². The zero-order chi connectivity index (χ0) is 11.4. The van der Waals surface area contributed by atoms with Crippen LogP contribution in [0.5, 0.6) is 0 Å². The van der Waals surface area contributed by atoms with Crippen molar-refractivity contribution in [3.63, 3.8) is 0 Å². The lowest BCUT2D eigenvalue weighted by Crippen LogP contribution is -2.26. The van der Waals surface area contributed by atoms with E-state index in [1.165, 1.54) is 36.9 Å². The summed E-state index contributed by atoms with van der Waals surface area (Å²) in [6.45, 7) is 5.33. The lowest BCUT2D eigenvalue weighted by molar-refractivity contribution is 0.262. The minimum atomic E-state index is 0.504. The van der Waals surface area contributed by atoms with Gasteiger partial charge in [0.25, 0.3) is 0 Å². The van der Waals surface area contributed by atoms with E-state index in [0.717, 1.165) is 12.5 Å². The Morgan fingerprint density at radius 3 is 2.88 bits per heavy atom. The van der Waals surface area contributed by atoms with Gasteiger partial charge in [-0.1, -0.05) is 32.3 Å². The molecule has 0 bridgehead atoms. The van der Waals surface area contributed by atoms with Gasteiger partial charge < -0.3 is 5.32 Å². The van der Waals surface area contributed by atoms with Crippen molar-refractivity contribution in [1.82, 2.24) is 10.3 Å². The SMILES string of the molecule is CCNC(CC1CCC1)c1cccnc1C. The van der Waals surface area contributed by atoms with Gasteiger partial charge >= 0.3 is 0 Å².